The highest BCUT2D eigenvalue weighted by Crippen LogP contribution is 2.39. The number of nitrogens with one attached hydrogen (secondary N) is 1. The van der Waals surface area contributed by atoms with Crippen LogP contribution in [0.3, 0.4) is 0 Å². The number of hydrogen-bond acceptors (Lipinski definition) is 4. The number of unbranched alkanes of at least 4 members (excludes halogenated alkanes) is 3. The second kappa shape index (κ2) is 8.40. The van der Waals surface area contributed by atoms with Gasteiger partial charge in [0.25, 0.3) is 0 Å². The number of thioether (sulfide) groups is 1. The summed E-state index contributed by atoms with van der Waals surface area (Å²) < 4.78 is 0. The molecule has 5 heteroatoms. The molecule has 0 saturated carbocycles. The molecule has 1 amide bonds. The molecule has 0 aliphatic carbocycles. The van der Waals surface area contributed by atoms with Crippen molar-refractivity contribution in [2.45, 2.75) is 51.9 Å². The molecule has 118 valence electrons. The molecule has 1 aromatic rings. The monoisotopic (exact) mass is 334 g/mol. The topological polar surface area (TPSA) is 52.9 Å². The summed E-state index contributed by atoms with van der Waals surface area (Å²) in [4.78, 5) is 13.2. The van der Waals surface area contributed by atoms with Gasteiger partial charge >= 0.3 is 0 Å². The largest absolute Gasteiger partial charge is 0.320 e. The third-order valence-corrected chi connectivity index (χ3v) is 6.05. The first-order chi connectivity index (χ1) is 10.7. The van der Waals surface area contributed by atoms with Gasteiger partial charge in [-0.05, 0) is 36.1 Å². The Morgan fingerprint density at radius 3 is 2.91 bits per heavy atom. The molecule has 0 unspecified atom stereocenters. The summed E-state index contributed by atoms with van der Waals surface area (Å²) in [5.74, 6) is 0.904. The van der Waals surface area contributed by atoms with Crippen molar-refractivity contribution in [1.29, 1.82) is 5.26 Å². The lowest BCUT2D eigenvalue weighted by Crippen LogP contribution is -2.30. The number of aryl methyl sites for hydroxylation is 1. The molecule has 1 atom stereocenters. The van der Waals surface area contributed by atoms with Crippen LogP contribution in [0, 0.1) is 18.3 Å². The van der Waals surface area contributed by atoms with Crippen LogP contribution in [0.4, 0.5) is 0 Å². The van der Waals surface area contributed by atoms with E-state index in [1.807, 2.05) is 12.3 Å². The molecule has 1 aromatic heterocycles. The van der Waals surface area contributed by atoms with E-state index < -0.39 is 0 Å². The summed E-state index contributed by atoms with van der Waals surface area (Å²) in [6, 6.07) is 4.40. The average Bonchev–Trinajstić information content (AvgIpc) is 2.92. The number of amides is 1. The van der Waals surface area contributed by atoms with Gasteiger partial charge in [-0.1, -0.05) is 26.2 Å². The van der Waals surface area contributed by atoms with Gasteiger partial charge in [0.05, 0.1) is 16.7 Å². The normalized spacial score (nSPS) is 18.2. The van der Waals surface area contributed by atoms with Crippen LogP contribution in [-0.2, 0) is 4.79 Å². The van der Waals surface area contributed by atoms with Crippen LogP contribution in [0.2, 0.25) is 0 Å². The zero-order chi connectivity index (χ0) is 15.9. The Kier molecular flexibility index (Phi) is 6.53. The van der Waals surface area contributed by atoms with Crippen molar-refractivity contribution in [3.05, 3.63) is 32.5 Å². The lowest BCUT2D eigenvalue weighted by Gasteiger charge is -2.24. The van der Waals surface area contributed by atoms with E-state index in [1.54, 1.807) is 23.1 Å². The Bertz CT molecular complexity index is 598. The molecule has 0 saturated heterocycles. The molecule has 0 bridgehead atoms. The number of rotatable bonds is 7. The molecule has 2 heterocycles. The second-order valence-electron chi connectivity index (χ2n) is 5.54. The summed E-state index contributed by atoms with van der Waals surface area (Å²) >= 11 is 3.26. The molecule has 1 N–H and O–H groups in total. The van der Waals surface area contributed by atoms with Gasteiger partial charge in [-0.2, -0.15) is 5.26 Å². The maximum atomic E-state index is 12.0. The van der Waals surface area contributed by atoms with E-state index in [1.165, 1.54) is 24.8 Å². The highest BCUT2D eigenvalue weighted by atomic mass is 32.2. The Balaban J connectivity index is 2.14. The lowest BCUT2D eigenvalue weighted by molar-refractivity contribution is -0.120. The minimum atomic E-state index is -0.0723. The standard InChI is InChI=1S/C17H22N2OS2/c1-3-4-5-6-8-22-17-14(11-18)13(10-15(20)19-17)16-12(2)7-9-21-16/h7,9,13H,3-6,8,10H2,1-2H3,(H,19,20)/t13-/m0/s1. The molecule has 0 radical (unpaired) electrons. The number of carbonyl (C=O) groups is 1. The van der Waals surface area contributed by atoms with E-state index in [-0.39, 0.29) is 11.8 Å². The summed E-state index contributed by atoms with van der Waals surface area (Å²) in [7, 11) is 0. The van der Waals surface area contributed by atoms with Crippen LogP contribution >= 0.6 is 23.1 Å². The number of carbonyl (C=O) groups excluding carboxylic acids is 1. The summed E-state index contributed by atoms with van der Waals surface area (Å²) in [6.07, 6.45) is 5.17. The number of hydrogen-bond donors (Lipinski definition) is 1. The first-order valence-corrected chi connectivity index (χ1v) is 9.64. The highest BCUT2D eigenvalue weighted by Gasteiger charge is 2.30. The van der Waals surface area contributed by atoms with Gasteiger partial charge in [-0.15, -0.1) is 23.1 Å². The summed E-state index contributed by atoms with van der Waals surface area (Å²) in [5, 5.41) is 15.3. The van der Waals surface area contributed by atoms with E-state index in [0.717, 1.165) is 27.7 Å². The molecule has 1 aliphatic heterocycles. The van der Waals surface area contributed by atoms with Gasteiger partial charge in [-0.3, -0.25) is 4.79 Å². The van der Waals surface area contributed by atoms with Gasteiger partial charge in [0, 0.05) is 17.2 Å². The van der Waals surface area contributed by atoms with Crippen molar-refractivity contribution >= 4 is 29.0 Å². The Labute approximate surface area is 140 Å². The van der Waals surface area contributed by atoms with Gasteiger partial charge in [0.2, 0.25) is 5.91 Å². The Hall–Kier alpha value is -1.25. The zero-order valence-corrected chi connectivity index (χ0v) is 14.8. The predicted octanol–water partition coefficient (Wildman–Crippen LogP) is 4.71. The maximum Gasteiger partial charge on any atom is 0.225 e. The molecule has 0 fully saturated rings. The molecule has 1 aliphatic rings. The maximum absolute atomic E-state index is 12.0. The second-order valence-corrected chi connectivity index (χ2v) is 7.59. The van der Waals surface area contributed by atoms with Crippen LogP contribution in [0.1, 0.15) is 55.4 Å². The molecule has 3 nitrogen and oxygen atoms in total. The van der Waals surface area contributed by atoms with Crippen molar-refractivity contribution in [3.8, 4) is 6.07 Å². The molecule has 2 rings (SSSR count). The zero-order valence-electron chi connectivity index (χ0n) is 13.1. The van der Waals surface area contributed by atoms with E-state index in [9.17, 15) is 10.1 Å². The van der Waals surface area contributed by atoms with E-state index >= 15 is 0 Å². The fourth-order valence-electron chi connectivity index (χ4n) is 2.60. The highest BCUT2D eigenvalue weighted by molar-refractivity contribution is 8.03. The number of thiophene rings is 1. The van der Waals surface area contributed by atoms with Crippen molar-refractivity contribution in [2.24, 2.45) is 0 Å². The van der Waals surface area contributed by atoms with E-state index in [2.05, 4.69) is 24.4 Å². The molecule has 0 spiro atoms. The van der Waals surface area contributed by atoms with Crippen LogP contribution in [0.15, 0.2) is 22.0 Å². The molecular weight excluding hydrogens is 312 g/mol. The SMILES string of the molecule is CCCCCCSC1=C(C#N)[C@@H](c2sccc2C)CC(=O)N1. The van der Waals surface area contributed by atoms with Gasteiger partial charge in [0.1, 0.15) is 0 Å². The van der Waals surface area contributed by atoms with Crippen molar-refractivity contribution in [2.75, 3.05) is 5.75 Å². The first-order valence-electron chi connectivity index (χ1n) is 7.78. The van der Waals surface area contributed by atoms with E-state index in [0.29, 0.717) is 6.42 Å². The third kappa shape index (κ3) is 4.15. The van der Waals surface area contributed by atoms with Crippen LogP contribution in [0.25, 0.3) is 0 Å². The quantitative estimate of drug-likeness (QED) is 0.735. The lowest BCUT2D eigenvalue weighted by atomic mass is 9.91. The van der Waals surface area contributed by atoms with Gasteiger partial charge < -0.3 is 5.32 Å². The smallest absolute Gasteiger partial charge is 0.225 e. The Morgan fingerprint density at radius 1 is 1.45 bits per heavy atom. The van der Waals surface area contributed by atoms with Crippen molar-refractivity contribution in [3.63, 3.8) is 0 Å². The minimum Gasteiger partial charge on any atom is -0.320 e. The number of nitrogens with zero attached hydrogens (tertiary/aromatic N) is 1. The number of allylic oxidation sites excluding steroid dienone is 1. The predicted molar refractivity (Wildman–Crippen MR) is 93.8 cm³/mol. The van der Waals surface area contributed by atoms with Gasteiger partial charge in [0.15, 0.2) is 0 Å². The van der Waals surface area contributed by atoms with Crippen molar-refractivity contribution in [1.82, 2.24) is 5.32 Å². The average molecular weight is 335 g/mol. The molecule has 22 heavy (non-hydrogen) atoms. The van der Waals surface area contributed by atoms with E-state index in [4.69, 9.17) is 0 Å². The minimum absolute atomic E-state index is 0.0212. The first kappa shape index (κ1) is 17.1. The molecular formula is C17H22N2OS2. The van der Waals surface area contributed by atoms with Crippen LogP contribution in [-0.4, -0.2) is 11.7 Å². The summed E-state index contributed by atoms with van der Waals surface area (Å²) in [5.41, 5.74) is 1.90. The van der Waals surface area contributed by atoms with Gasteiger partial charge in [-0.25, -0.2) is 0 Å². The third-order valence-electron chi connectivity index (χ3n) is 3.82. The van der Waals surface area contributed by atoms with Crippen LogP contribution < -0.4 is 5.32 Å². The number of nitriles is 1. The fourth-order valence-corrected chi connectivity index (χ4v) is 4.72. The Morgan fingerprint density at radius 2 is 2.27 bits per heavy atom. The summed E-state index contributed by atoms with van der Waals surface area (Å²) in [6.45, 7) is 4.24. The van der Waals surface area contributed by atoms with Crippen molar-refractivity contribution < 1.29 is 4.79 Å². The van der Waals surface area contributed by atoms with Crippen LogP contribution in [0.5, 0.6) is 0 Å². The molecule has 0 aromatic carbocycles. The fraction of sp³-hybridized carbons (Fsp3) is 0.529.